The van der Waals surface area contributed by atoms with Crippen molar-refractivity contribution in [3.63, 3.8) is 0 Å². The van der Waals surface area contributed by atoms with Crippen molar-refractivity contribution in [1.82, 2.24) is 15.5 Å². The smallest absolute Gasteiger partial charge is 0.234 e. The van der Waals surface area contributed by atoms with E-state index >= 15 is 0 Å². The first kappa shape index (κ1) is 20.4. The van der Waals surface area contributed by atoms with Crippen LogP contribution in [0.15, 0.2) is 12.1 Å². The van der Waals surface area contributed by atoms with Crippen molar-refractivity contribution in [2.24, 2.45) is 5.92 Å². The Morgan fingerprint density at radius 1 is 1.30 bits per heavy atom. The standard InChI is InChI=1S/C17H29N3OS.ClH/c1-3-15-4-5-16(22-15)12-19-17(21)13-20-10-7-14(8-11-20)6-9-18-2;/h4-5,14,18H,3,6-13H2,1-2H3,(H,19,21);1H. The maximum Gasteiger partial charge on any atom is 0.234 e. The third kappa shape index (κ3) is 7.21. The minimum absolute atomic E-state index is 0. The van der Waals surface area contributed by atoms with Gasteiger partial charge in [-0.3, -0.25) is 9.69 Å². The molecule has 1 saturated heterocycles. The Hall–Kier alpha value is -0.620. The zero-order valence-electron chi connectivity index (χ0n) is 14.3. The Morgan fingerprint density at radius 2 is 2.00 bits per heavy atom. The summed E-state index contributed by atoms with van der Waals surface area (Å²) in [6, 6.07) is 4.28. The molecule has 2 N–H and O–H groups in total. The van der Waals surface area contributed by atoms with Crippen LogP contribution in [0.3, 0.4) is 0 Å². The van der Waals surface area contributed by atoms with Crippen LogP contribution in [0.5, 0.6) is 0 Å². The molecule has 6 heteroatoms. The van der Waals surface area contributed by atoms with Gasteiger partial charge in [0.05, 0.1) is 13.1 Å². The molecule has 1 aromatic heterocycles. The maximum absolute atomic E-state index is 12.1. The van der Waals surface area contributed by atoms with Gasteiger partial charge in [0.15, 0.2) is 0 Å². The highest BCUT2D eigenvalue weighted by molar-refractivity contribution is 7.11. The molecule has 1 aliphatic heterocycles. The number of nitrogens with one attached hydrogen (secondary N) is 2. The predicted molar refractivity (Wildman–Crippen MR) is 100 cm³/mol. The topological polar surface area (TPSA) is 44.4 Å². The van der Waals surface area contributed by atoms with E-state index in [1.807, 2.05) is 7.05 Å². The number of piperidine rings is 1. The molecule has 23 heavy (non-hydrogen) atoms. The van der Waals surface area contributed by atoms with E-state index < -0.39 is 0 Å². The fourth-order valence-electron chi connectivity index (χ4n) is 2.93. The lowest BCUT2D eigenvalue weighted by molar-refractivity contribution is -0.122. The van der Waals surface area contributed by atoms with Gasteiger partial charge in [0.2, 0.25) is 5.91 Å². The van der Waals surface area contributed by atoms with Crippen LogP contribution in [-0.4, -0.2) is 44.0 Å². The number of nitrogens with zero attached hydrogens (tertiary/aromatic N) is 1. The molecular formula is C17H30ClN3OS. The molecule has 2 rings (SSSR count). The molecule has 0 radical (unpaired) electrons. The SMILES string of the molecule is CCc1ccc(CNC(=O)CN2CCC(CCNC)CC2)s1.Cl. The molecule has 1 aromatic rings. The maximum atomic E-state index is 12.1. The number of amides is 1. The molecule has 0 bridgehead atoms. The second kappa shape index (κ2) is 11.0. The van der Waals surface area contributed by atoms with Gasteiger partial charge in [-0.2, -0.15) is 0 Å². The summed E-state index contributed by atoms with van der Waals surface area (Å²) in [4.78, 5) is 17.0. The van der Waals surface area contributed by atoms with Crippen molar-refractivity contribution in [2.45, 2.75) is 39.2 Å². The summed E-state index contributed by atoms with van der Waals surface area (Å²) in [5.74, 6) is 0.977. The van der Waals surface area contributed by atoms with E-state index in [2.05, 4.69) is 34.6 Å². The number of likely N-dealkylation sites (tertiary alicyclic amines) is 1. The number of hydrogen-bond acceptors (Lipinski definition) is 4. The highest BCUT2D eigenvalue weighted by Crippen LogP contribution is 2.20. The monoisotopic (exact) mass is 359 g/mol. The van der Waals surface area contributed by atoms with Crippen LogP contribution in [0.1, 0.15) is 35.9 Å². The number of halogens is 1. The van der Waals surface area contributed by atoms with Gasteiger partial charge in [0, 0.05) is 9.75 Å². The molecule has 132 valence electrons. The average Bonchev–Trinajstić information content (AvgIpc) is 3.00. The third-order valence-corrected chi connectivity index (χ3v) is 5.63. The number of carbonyl (C=O) groups excluding carboxylic acids is 1. The van der Waals surface area contributed by atoms with E-state index in [0.29, 0.717) is 13.1 Å². The lowest BCUT2D eigenvalue weighted by Gasteiger charge is -2.31. The molecule has 0 spiro atoms. The summed E-state index contributed by atoms with van der Waals surface area (Å²) >= 11 is 1.79. The summed E-state index contributed by atoms with van der Waals surface area (Å²) in [5.41, 5.74) is 0. The van der Waals surface area contributed by atoms with Gasteiger partial charge in [0.1, 0.15) is 0 Å². The lowest BCUT2D eigenvalue weighted by Crippen LogP contribution is -2.41. The molecule has 1 fully saturated rings. The Morgan fingerprint density at radius 3 is 2.61 bits per heavy atom. The second-order valence-corrected chi connectivity index (χ2v) is 7.36. The van der Waals surface area contributed by atoms with Crippen molar-refractivity contribution < 1.29 is 4.79 Å². The molecule has 0 unspecified atom stereocenters. The van der Waals surface area contributed by atoms with E-state index in [1.54, 1.807) is 11.3 Å². The van der Waals surface area contributed by atoms with Crippen LogP contribution in [0.2, 0.25) is 0 Å². The first-order valence-corrected chi connectivity index (χ1v) is 9.24. The summed E-state index contributed by atoms with van der Waals surface area (Å²) in [7, 11) is 2.01. The molecule has 0 aromatic carbocycles. The summed E-state index contributed by atoms with van der Waals surface area (Å²) in [6.45, 7) is 6.59. The van der Waals surface area contributed by atoms with E-state index in [4.69, 9.17) is 0 Å². The highest BCUT2D eigenvalue weighted by atomic mass is 35.5. The molecule has 2 heterocycles. The van der Waals surface area contributed by atoms with Crippen LogP contribution in [0.25, 0.3) is 0 Å². The van der Waals surface area contributed by atoms with Crippen LogP contribution in [0.4, 0.5) is 0 Å². The van der Waals surface area contributed by atoms with E-state index in [-0.39, 0.29) is 18.3 Å². The largest absolute Gasteiger partial charge is 0.350 e. The summed E-state index contributed by atoms with van der Waals surface area (Å²) < 4.78 is 0. The second-order valence-electron chi connectivity index (χ2n) is 6.11. The Kier molecular flexibility index (Phi) is 9.79. The minimum atomic E-state index is 0. The van der Waals surface area contributed by atoms with Crippen LogP contribution in [-0.2, 0) is 17.8 Å². The molecule has 4 nitrogen and oxygen atoms in total. The fraction of sp³-hybridized carbons (Fsp3) is 0.706. The van der Waals surface area contributed by atoms with Crippen LogP contribution >= 0.6 is 23.7 Å². The number of thiophene rings is 1. The summed E-state index contributed by atoms with van der Waals surface area (Å²) in [5, 5.41) is 6.27. The predicted octanol–water partition coefficient (Wildman–Crippen LogP) is 2.67. The molecule has 1 amide bonds. The van der Waals surface area contributed by atoms with Gasteiger partial charge in [-0.25, -0.2) is 0 Å². The van der Waals surface area contributed by atoms with Crippen molar-refractivity contribution in [3.05, 3.63) is 21.9 Å². The lowest BCUT2D eigenvalue weighted by atomic mass is 9.93. The average molecular weight is 360 g/mol. The zero-order valence-corrected chi connectivity index (χ0v) is 15.9. The Balaban J connectivity index is 0.00000264. The number of hydrogen-bond donors (Lipinski definition) is 2. The quantitative estimate of drug-likeness (QED) is 0.750. The first-order valence-electron chi connectivity index (χ1n) is 8.42. The van der Waals surface area contributed by atoms with Crippen LogP contribution in [0, 0.1) is 5.92 Å². The Labute approximate surface area is 150 Å². The van der Waals surface area contributed by atoms with Gasteiger partial charge in [-0.05, 0) is 70.4 Å². The number of carbonyl (C=O) groups is 1. The van der Waals surface area contributed by atoms with Crippen molar-refractivity contribution in [1.29, 1.82) is 0 Å². The van der Waals surface area contributed by atoms with E-state index in [9.17, 15) is 4.79 Å². The highest BCUT2D eigenvalue weighted by Gasteiger charge is 2.20. The van der Waals surface area contributed by atoms with E-state index in [1.165, 1.54) is 29.0 Å². The fourth-order valence-corrected chi connectivity index (χ4v) is 3.83. The van der Waals surface area contributed by atoms with Crippen molar-refractivity contribution in [3.8, 4) is 0 Å². The first-order chi connectivity index (χ1) is 10.7. The van der Waals surface area contributed by atoms with Gasteiger partial charge in [-0.15, -0.1) is 23.7 Å². The minimum Gasteiger partial charge on any atom is -0.350 e. The number of aryl methyl sites for hydroxylation is 1. The molecular weight excluding hydrogens is 330 g/mol. The molecule has 0 atom stereocenters. The van der Waals surface area contributed by atoms with Crippen LogP contribution < -0.4 is 10.6 Å². The normalized spacial score (nSPS) is 16.1. The molecule has 1 aliphatic rings. The van der Waals surface area contributed by atoms with Gasteiger partial charge >= 0.3 is 0 Å². The number of rotatable bonds is 8. The van der Waals surface area contributed by atoms with E-state index in [0.717, 1.165) is 32.0 Å². The van der Waals surface area contributed by atoms with Crippen molar-refractivity contribution >= 4 is 29.7 Å². The molecule has 0 saturated carbocycles. The summed E-state index contributed by atoms with van der Waals surface area (Å²) in [6.07, 6.45) is 4.77. The van der Waals surface area contributed by atoms with Crippen molar-refractivity contribution in [2.75, 3.05) is 33.2 Å². The van der Waals surface area contributed by atoms with Gasteiger partial charge in [0.25, 0.3) is 0 Å². The van der Waals surface area contributed by atoms with Gasteiger partial charge < -0.3 is 10.6 Å². The molecule has 0 aliphatic carbocycles. The Bertz CT molecular complexity index is 458. The zero-order chi connectivity index (χ0) is 15.8. The third-order valence-electron chi connectivity index (χ3n) is 4.40. The van der Waals surface area contributed by atoms with Gasteiger partial charge in [-0.1, -0.05) is 6.92 Å².